The molecule has 1 heterocycles. The number of unbranched alkanes of at least 4 members (excludes halogenated alkanes) is 1. The fraction of sp³-hybridized carbons (Fsp3) is 0.857. The van der Waals surface area contributed by atoms with E-state index in [-0.39, 0.29) is 6.03 Å². The molecule has 122 valence electrons. The van der Waals surface area contributed by atoms with Crippen LogP contribution in [-0.2, 0) is 14.3 Å². The smallest absolute Gasteiger partial charge is 0.329 e. The number of carbonyl (C=O) groups excluding carboxylic acids is 1. The van der Waals surface area contributed by atoms with E-state index in [0.29, 0.717) is 39.3 Å². The molecule has 0 aromatic carbocycles. The standard InChI is InChI=1S/C14H26N2O5/c1-14(12(17)18)6-5-8-16(14)13(19)15-7-3-4-9-21-11-10-20-2/h3-11H2,1-2H3,(H,15,19)(H,17,18). The molecule has 1 unspecified atom stereocenters. The summed E-state index contributed by atoms with van der Waals surface area (Å²) in [7, 11) is 1.63. The molecule has 1 aliphatic rings. The number of amides is 2. The average Bonchev–Trinajstić information content (AvgIpc) is 2.85. The largest absolute Gasteiger partial charge is 0.480 e. The lowest BCUT2D eigenvalue weighted by Crippen LogP contribution is -2.54. The molecule has 1 fully saturated rings. The summed E-state index contributed by atoms with van der Waals surface area (Å²) < 4.78 is 10.2. The van der Waals surface area contributed by atoms with Crippen LogP contribution in [0.2, 0.25) is 0 Å². The van der Waals surface area contributed by atoms with E-state index in [9.17, 15) is 14.7 Å². The van der Waals surface area contributed by atoms with Crippen molar-refractivity contribution in [1.82, 2.24) is 10.2 Å². The van der Waals surface area contributed by atoms with Crippen LogP contribution in [0, 0.1) is 0 Å². The van der Waals surface area contributed by atoms with Crippen LogP contribution in [0.3, 0.4) is 0 Å². The molecule has 1 rings (SSSR count). The summed E-state index contributed by atoms with van der Waals surface area (Å²) in [5.74, 6) is -0.943. The van der Waals surface area contributed by atoms with E-state index < -0.39 is 11.5 Å². The number of likely N-dealkylation sites (tertiary alicyclic amines) is 1. The Balaban J connectivity index is 2.18. The highest BCUT2D eigenvalue weighted by Crippen LogP contribution is 2.29. The molecule has 7 nitrogen and oxygen atoms in total. The molecule has 1 atom stereocenters. The number of hydrogen-bond donors (Lipinski definition) is 2. The van der Waals surface area contributed by atoms with Gasteiger partial charge in [0.25, 0.3) is 0 Å². The van der Waals surface area contributed by atoms with Gasteiger partial charge >= 0.3 is 12.0 Å². The number of urea groups is 1. The van der Waals surface area contributed by atoms with Crippen molar-refractivity contribution >= 4 is 12.0 Å². The van der Waals surface area contributed by atoms with Gasteiger partial charge in [0.2, 0.25) is 0 Å². The third kappa shape index (κ3) is 5.17. The summed E-state index contributed by atoms with van der Waals surface area (Å²) in [6, 6.07) is -0.294. The monoisotopic (exact) mass is 302 g/mol. The molecular weight excluding hydrogens is 276 g/mol. The second-order valence-electron chi connectivity index (χ2n) is 5.38. The summed E-state index contributed by atoms with van der Waals surface area (Å²) in [5, 5.41) is 12.0. The Morgan fingerprint density at radius 1 is 1.29 bits per heavy atom. The lowest BCUT2D eigenvalue weighted by atomic mass is 10.00. The zero-order valence-corrected chi connectivity index (χ0v) is 12.9. The van der Waals surface area contributed by atoms with Crippen LogP contribution in [-0.4, -0.2) is 67.6 Å². The van der Waals surface area contributed by atoms with E-state index >= 15 is 0 Å². The molecule has 21 heavy (non-hydrogen) atoms. The van der Waals surface area contributed by atoms with Crippen LogP contribution < -0.4 is 5.32 Å². The van der Waals surface area contributed by atoms with Gasteiger partial charge in [0.1, 0.15) is 5.54 Å². The van der Waals surface area contributed by atoms with E-state index in [0.717, 1.165) is 19.3 Å². The van der Waals surface area contributed by atoms with Crippen LogP contribution in [0.1, 0.15) is 32.6 Å². The van der Waals surface area contributed by atoms with Gasteiger partial charge in [-0.2, -0.15) is 0 Å². The predicted octanol–water partition coefficient (Wildman–Crippen LogP) is 1.08. The van der Waals surface area contributed by atoms with Crippen molar-refractivity contribution in [2.75, 3.05) is 40.0 Å². The first-order chi connectivity index (χ1) is 10.0. The first kappa shape index (κ1) is 17.7. The third-order valence-electron chi connectivity index (χ3n) is 3.77. The molecule has 0 spiro atoms. The van der Waals surface area contributed by atoms with Crippen molar-refractivity contribution in [1.29, 1.82) is 0 Å². The van der Waals surface area contributed by atoms with Crippen molar-refractivity contribution in [3.63, 3.8) is 0 Å². The molecule has 0 bridgehead atoms. The Labute approximate surface area is 125 Å². The molecule has 1 aliphatic heterocycles. The van der Waals surface area contributed by atoms with Crippen LogP contribution in [0.15, 0.2) is 0 Å². The van der Waals surface area contributed by atoms with E-state index in [4.69, 9.17) is 9.47 Å². The van der Waals surface area contributed by atoms with Gasteiger partial charge in [0, 0.05) is 26.8 Å². The van der Waals surface area contributed by atoms with Crippen molar-refractivity contribution in [2.24, 2.45) is 0 Å². The molecule has 2 amide bonds. The SMILES string of the molecule is COCCOCCCCNC(=O)N1CCCC1(C)C(=O)O. The minimum atomic E-state index is -1.08. The number of methoxy groups -OCH3 is 1. The van der Waals surface area contributed by atoms with Gasteiger partial charge in [0.15, 0.2) is 0 Å². The quantitative estimate of drug-likeness (QED) is 0.622. The van der Waals surface area contributed by atoms with Crippen LogP contribution in [0.25, 0.3) is 0 Å². The fourth-order valence-electron chi connectivity index (χ4n) is 2.38. The Morgan fingerprint density at radius 3 is 2.71 bits per heavy atom. The number of aliphatic carboxylic acids is 1. The lowest BCUT2D eigenvalue weighted by Gasteiger charge is -2.31. The van der Waals surface area contributed by atoms with E-state index in [1.54, 1.807) is 14.0 Å². The minimum Gasteiger partial charge on any atom is -0.480 e. The Morgan fingerprint density at radius 2 is 2.05 bits per heavy atom. The number of nitrogens with one attached hydrogen (secondary N) is 1. The summed E-state index contributed by atoms with van der Waals surface area (Å²) in [6.45, 7) is 4.42. The molecule has 0 saturated carbocycles. The van der Waals surface area contributed by atoms with Crippen molar-refractivity contribution in [3.8, 4) is 0 Å². The second-order valence-corrected chi connectivity index (χ2v) is 5.38. The van der Waals surface area contributed by atoms with Crippen LogP contribution in [0.4, 0.5) is 4.79 Å². The van der Waals surface area contributed by atoms with Gasteiger partial charge in [0.05, 0.1) is 13.2 Å². The minimum absolute atomic E-state index is 0.294. The van der Waals surface area contributed by atoms with Crippen LogP contribution in [0.5, 0.6) is 0 Å². The highest BCUT2D eigenvalue weighted by molar-refractivity contribution is 5.86. The number of carbonyl (C=O) groups is 2. The van der Waals surface area contributed by atoms with Gasteiger partial charge in [-0.3, -0.25) is 0 Å². The number of carboxylic acid groups (broad SMARTS) is 1. The Hall–Kier alpha value is -1.34. The maximum absolute atomic E-state index is 12.0. The van der Waals surface area contributed by atoms with E-state index in [1.807, 2.05) is 0 Å². The Kier molecular flexibility index (Phi) is 7.45. The molecule has 7 heteroatoms. The number of rotatable bonds is 9. The van der Waals surface area contributed by atoms with Crippen molar-refractivity contribution < 1.29 is 24.2 Å². The van der Waals surface area contributed by atoms with Gasteiger partial charge in [-0.05, 0) is 32.6 Å². The summed E-state index contributed by atoms with van der Waals surface area (Å²) in [4.78, 5) is 24.8. The van der Waals surface area contributed by atoms with E-state index in [1.165, 1.54) is 4.90 Å². The third-order valence-corrected chi connectivity index (χ3v) is 3.77. The predicted molar refractivity (Wildman–Crippen MR) is 77.3 cm³/mol. The Bertz CT molecular complexity index is 350. The zero-order chi connectivity index (χ0) is 15.7. The topological polar surface area (TPSA) is 88.1 Å². The molecule has 0 radical (unpaired) electrons. The van der Waals surface area contributed by atoms with Gasteiger partial charge in [-0.25, -0.2) is 9.59 Å². The molecular formula is C14H26N2O5. The molecule has 0 aromatic heterocycles. The number of nitrogens with zero attached hydrogens (tertiary/aromatic N) is 1. The maximum Gasteiger partial charge on any atom is 0.329 e. The van der Waals surface area contributed by atoms with Gasteiger partial charge in [-0.15, -0.1) is 0 Å². The normalized spacial score (nSPS) is 21.5. The number of ether oxygens (including phenoxy) is 2. The molecule has 1 saturated heterocycles. The van der Waals surface area contributed by atoms with E-state index in [2.05, 4.69) is 5.32 Å². The summed E-state index contributed by atoms with van der Waals surface area (Å²) in [6.07, 6.45) is 2.88. The first-order valence-corrected chi connectivity index (χ1v) is 7.38. The molecule has 0 aromatic rings. The maximum atomic E-state index is 12.0. The first-order valence-electron chi connectivity index (χ1n) is 7.38. The van der Waals surface area contributed by atoms with Gasteiger partial charge < -0.3 is 24.8 Å². The average molecular weight is 302 g/mol. The highest BCUT2D eigenvalue weighted by atomic mass is 16.5. The molecule has 2 N–H and O–H groups in total. The summed E-state index contributed by atoms with van der Waals surface area (Å²) in [5.41, 5.74) is -1.08. The van der Waals surface area contributed by atoms with Crippen molar-refractivity contribution in [3.05, 3.63) is 0 Å². The number of carboxylic acids is 1. The zero-order valence-electron chi connectivity index (χ0n) is 12.9. The van der Waals surface area contributed by atoms with Crippen molar-refractivity contribution in [2.45, 2.75) is 38.1 Å². The fourth-order valence-corrected chi connectivity index (χ4v) is 2.38. The van der Waals surface area contributed by atoms with Crippen LogP contribution >= 0.6 is 0 Å². The second kappa shape index (κ2) is 8.84. The number of hydrogen-bond acceptors (Lipinski definition) is 4. The lowest BCUT2D eigenvalue weighted by molar-refractivity contribution is -0.147. The molecule has 0 aliphatic carbocycles. The highest BCUT2D eigenvalue weighted by Gasteiger charge is 2.45. The van der Waals surface area contributed by atoms with Gasteiger partial charge in [-0.1, -0.05) is 0 Å². The summed E-state index contributed by atoms with van der Waals surface area (Å²) >= 11 is 0.